The van der Waals surface area contributed by atoms with Crippen molar-refractivity contribution in [1.82, 2.24) is 19.4 Å². The molecule has 1 saturated heterocycles. The fraction of sp³-hybridized carbons (Fsp3) is 0.286. The van der Waals surface area contributed by atoms with E-state index in [9.17, 15) is 13.2 Å². The zero-order valence-electron chi connectivity index (χ0n) is 17.8. The minimum Gasteiger partial charge on any atom is -0.304 e. The Labute approximate surface area is 206 Å². The second-order valence-corrected chi connectivity index (χ2v) is 12.0. The van der Waals surface area contributed by atoms with E-state index in [1.165, 1.54) is 51.2 Å². The summed E-state index contributed by atoms with van der Waals surface area (Å²) in [5.74, 6) is 0.269. The minimum absolute atomic E-state index is 0.0715. The van der Waals surface area contributed by atoms with Gasteiger partial charge in [-0.2, -0.15) is 4.31 Å². The topological polar surface area (TPSA) is 95.5 Å². The number of halogens is 1. The van der Waals surface area contributed by atoms with Gasteiger partial charge < -0.3 is 4.90 Å². The molecule has 174 valence electrons. The molecule has 0 unspecified atom stereocenters. The van der Waals surface area contributed by atoms with E-state index >= 15 is 0 Å². The van der Waals surface area contributed by atoms with Crippen molar-refractivity contribution >= 4 is 55.8 Å². The van der Waals surface area contributed by atoms with Crippen molar-refractivity contribution in [2.75, 3.05) is 38.5 Å². The van der Waals surface area contributed by atoms with Crippen LogP contribution in [0.5, 0.6) is 0 Å². The molecule has 1 aliphatic heterocycles. The number of aromatic nitrogens is 2. The summed E-state index contributed by atoms with van der Waals surface area (Å²) >= 11 is 9.00. The number of benzene rings is 2. The van der Waals surface area contributed by atoms with Crippen LogP contribution in [0.4, 0.5) is 5.13 Å². The molecule has 0 bridgehead atoms. The Balaban J connectivity index is 1.44. The predicted octanol–water partition coefficient (Wildman–Crippen LogP) is 3.67. The molecule has 4 rings (SSSR count). The number of rotatable bonds is 7. The first kappa shape index (κ1) is 24.1. The fourth-order valence-corrected chi connectivity index (χ4v) is 6.84. The minimum atomic E-state index is -3.81. The molecule has 1 fully saturated rings. The molecule has 1 aromatic heterocycles. The Kier molecular flexibility index (Phi) is 7.67. The molecule has 0 radical (unpaired) electrons. The second-order valence-electron chi connectivity index (χ2n) is 7.45. The number of amides is 1. The molecule has 0 spiro atoms. The smallest absolute Gasteiger partial charge is 0.257 e. The van der Waals surface area contributed by atoms with Crippen LogP contribution in [0.1, 0.15) is 15.9 Å². The van der Waals surface area contributed by atoms with Crippen LogP contribution in [0.15, 0.2) is 57.8 Å². The van der Waals surface area contributed by atoms with Gasteiger partial charge in [-0.25, -0.2) is 8.42 Å². The Hall–Kier alpha value is -2.02. The van der Waals surface area contributed by atoms with Gasteiger partial charge >= 0.3 is 0 Å². The van der Waals surface area contributed by atoms with Gasteiger partial charge in [0.15, 0.2) is 4.34 Å². The van der Waals surface area contributed by atoms with E-state index < -0.39 is 15.9 Å². The van der Waals surface area contributed by atoms with Gasteiger partial charge in [0.25, 0.3) is 5.91 Å². The second kappa shape index (κ2) is 10.5. The highest BCUT2D eigenvalue weighted by Gasteiger charge is 2.30. The molecule has 0 saturated carbocycles. The van der Waals surface area contributed by atoms with E-state index in [0.717, 1.165) is 10.1 Å². The average Bonchev–Trinajstić information content (AvgIpc) is 3.26. The van der Waals surface area contributed by atoms with E-state index in [2.05, 4.69) is 20.4 Å². The Morgan fingerprint density at radius 1 is 1.12 bits per heavy atom. The van der Waals surface area contributed by atoms with Gasteiger partial charge in [0.05, 0.1) is 5.02 Å². The van der Waals surface area contributed by atoms with Crippen molar-refractivity contribution in [3.05, 3.63) is 64.7 Å². The van der Waals surface area contributed by atoms with E-state index in [0.29, 0.717) is 31.3 Å². The largest absolute Gasteiger partial charge is 0.304 e. The maximum absolute atomic E-state index is 13.1. The Morgan fingerprint density at radius 2 is 1.85 bits per heavy atom. The predicted molar refractivity (Wildman–Crippen MR) is 132 cm³/mol. The first-order valence-corrected chi connectivity index (χ1v) is 13.7. The number of nitrogens with zero attached hydrogens (tertiary/aromatic N) is 4. The molecule has 1 aliphatic rings. The molecular weight excluding hydrogens is 502 g/mol. The van der Waals surface area contributed by atoms with Crippen molar-refractivity contribution in [1.29, 1.82) is 0 Å². The lowest BCUT2D eigenvalue weighted by Crippen LogP contribution is -2.47. The molecule has 1 amide bonds. The molecule has 0 atom stereocenters. The first-order chi connectivity index (χ1) is 15.8. The normalized spacial score (nSPS) is 15.5. The van der Waals surface area contributed by atoms with Crippen LogP contribution >= 0.6 is 34.7 Å². The lowest BCUT2D eigenvalue weighted by molar-refractivity contribution is 0.102. The summed E-state index contributed by atoms with van der Waals surface area (Å²) in [6, 6.07) is 14.2. The number of likely N-dealkylation sites (N-methyl/N-ethyl adjacent to an activating group) is 1. The number of hydrogen-bond acceptors (Lipinski definition) is 8. The summed E-state index contributed by atoms with van der Waals surface area (Å²) in [5.41, 5.74) is 1.35. The highest BCUT2D eigenvalue weighted by molar-refractivity contribution is 8.00. The molecule has 3 aromatic rings. The van der Waals surface area contributed by atoms with E-state index in [1.54, 1.807) is 0 Å². The SMILES string of the molecule is CN1CCN(S(=O)(=O)c2cc(C(=O)Nc3nnc(SCc4ccccc4)s3)ccc2Cl)CC1. The van der Waals surface area contributed by atoms with Gasteiger partial charge in [-0.05, 0) is 30.8 Å². The van der Waals surface area contributed by atoms with Crippen molar-refractivity contribution < 1.29 is 13.2 Å². The number of anilines is 1. The van der Waals surface area contributed by atoms with Crippen molar-refractivity contribution in [2.24, 2.45) is 0 Å². The van der Waals surface area contributed by atoms with Crippen molar-refractivity contribution in [3.63, 3.8) is 0 Å². The van der Waals surface area contributed by atoms with E-state index in [4.69, 9.17) is 11.6 Å². The van der Waals surface area contributed by atoms with Crippen LogP contribution in [0, 0.1) is 0 Å². The molecule has 2 heterocycles. The Bertz CT molecular complexity index is 1230. The van der Waals surface area contributed by atoms with E-state index in [1.807, 2.05) is 37.4 Å². The molecule has 12 heteroatoms. The maximum atomic E-state index is 13.1. The molecular formula is C21H22ClN5O3S3. The van der Waals surface area contributed by atoms with Crippen LogP contribution in [0.3, 0.4) is 0 Å². The molecule has 2 aromatic carbocycles. The molecule has 8 nitrogen and oxygen atoms in total. The summed E-state index contributed by atoms with van der Waals surface area (Å²) in [6.07, 6.45) is 0. The zero-order chi connectivity index (χ0) is 23.4. The highest BCUT2D eigenvalue weighted by atomic mass is 35.5. The van der Waals surface area contributed by atoms with Crippen molar-refractivity contribution in [2.45, 2.75) is 15.0 Å². The first-order valence-electron chi connectivity index (χ1n) is 10.1. The summed E-state index contributed by atoms with van der Waals surface area (Å²) in [4.78, 5) is 14.8. The number of carbonyl (C=O) groups is 1. The number of carbonyl (C=O) groups excluding carboxylic acids is 1. The van der Waals surface area contributed by atoms with Gasteiger partial charge in [0.1, 0.15) is 4.90 Å². The standard InChI is InChI=1S/C21H22ClN5O3S3/c1-26-9-11-27(12-10-26)33(29,30)18-13-16(7-8-17(18)22)19(28)23-20-24-25-21(32-20)31-14-15-5-3-2-4-6-15/h2-8,13H,9-12,14H2,1H3,(H,23,24,28). The maximum Gasteiger partial charge on any atom is 0.257 e. The highest BCUT2D eigenvalue weighted by Crippen LogP contribution is 2.30. The summed E-state index contributed by atoms with van der Waals surface area (Å²) in [6.45, 7) is 2.02. The number of sulfonamides is 1. The quantitative estimate of drug-likeness (QED) is 0.373. The fourth-order valence-electron chi connectivity index (χ4n) is 3.22. The number of hydrogen-bond donors (Lipinski definition) is 1. The monoisotopic (exact) mass is 523 g/mol. The Morgan fingerprint density at radius 3 is 2.58 bits per heavy atom. The zero-order valence-corrected chi connectivity index (χ0v) is 21.0. The summed E-state index contributed by atoms with van der Waals surface area (Å²) < 4.78 is 28.3. The summed E-state index contributed by atoms with van der Waals surface area (Å²) in [5, 5.41) is 11.2. The molecule has 1 N–H and O–H groups in total. The van der Waals surface area contributed by atoms with Gasteiger partial charge in [-0.15, -0.1) is 10.2 Å². The van der Waals surface area contributed by atoms with Crippen molar-refractivity contribution in [3.8, 4) is 0 Å². The van der Waals surface area contributed by atoms with Gasteiger partial charge in [-0.1, -0.05) is 65.0 Å². The third-order valence-corrected chi connectivity index (χ3v) is 9.53. The van der Waals surface area contributed by atoms with Gasteiger partial charge in [0.2, 0.25) is 15.2 Å². The van der Waals surface area contributed by atoms with Crippen LogP contribution in [0.2, 0.25) is 5.02 Å². The number of piperazine rings is 1. The average molecular weight is 524 g/mol. The number of nitrogens with one attached hydrogen (secondary N) is 1. The third kappa shape index (κ3) is 5.92. The lowest BCUT2D eigenvalue weighted by Gasteiger charge is -2.31. The van der Waals surface area contributed by atoms with Gasteiger partial charge in [-0.3, -0.25) is 10.1 Å². The lowest BCUT2D eigenvalue weighted by atomic mass is 10.2. The van der Waals surface area contributed by atoms with Gasteiger partial charge in [0, 0.05) is 37.5 Å². The van der Waals surface area contributed by atoms with Crippen LogP contribution in [0.25, 0.3) is 0 Å². The van der Waals surface area contributed by atoms with Crippen LogP contribution < -0.4 is 5.32 Å². The molecule has 0 aliphatic carbocycles. The molecule has 33 heavy (non-hydrogen) atoms. The summed E-state index contributed by atoms with van der Waals surface area (Å²) in [7, 11) is -1.86. The number of thioether (sulfide) groups is 1. The van der Waals surface area contributed by atoms with E-state index in [-0.39, 0.29) is 15.5 Å². The third-order valence-electron chi connectivity index (χ3n) is 5.11. The van der Waals surface area contributed by atoms with Crippen LogP contribution in [-0.2, 0) is 15.8 Å². The van der Waals surface area contributed by atoms with Crippen LogP contribution in [-0.4, -0.2) is 67.0 Å².